The van der Waals surface area contributed by atoms with E-state index in [9.17, 15) is 9.59 Å². The van der Waals surface area contributed by atoms with E-state index >= 15 is 0 Å². The summed E-state index contributed by atoms with van der Waals surface area (Å²) in [6.45, 7) is 12.3. The van der Waals surface area contributed by atoms with Crippen LogP contribution in [-0.2, 0) is 7.05 Å². The van der Waals surface area contributed by atoms with Gasteiger partial charge < -0.3 is 9.13 Å². The van der Waals surface area contributed by atoms with Crippen LogP contribution in [0, 0.1) is 41.5 Å². The Morgan fingerprint density at radius 1 is 0.683 bits per heavy atom. The molecule has 0 unspecified atom stereocenters. The average Bonchev–Trinajstić information content (AvgIpc) is 3.51. The molecule has 0 radical (unpaired) electrons. The lowest BCUT2D eigenvalue weighted by Crippen LogP contribution is -2.21. The van der Waals surface area contributed by atoms with Gasteiger partial charge in [0.15, 0.2) is 10.3 Å². The van der Waals surface area contributed by atoms with E-state index in [2.05, 4.69) is 67.3 Å². The summed E-state index contributed by atoms with van der Waals surface area (Å²) >= 11 is 12.2. The number of rotatable bonds is 2. The molecule has 0 aliphatic heterocycles. The van der Waals surface area contributed by atoms with Crippen molar-refractivity contribution in [2.45, 2.75) is 41.5 Å². The normalized spacial score (nSPS) is 11.2. The lowest BCUT2D eigenvalue weighted by atomic mass is 10.0. The molecule has 6 aromatic rings. The smallest absolute Gasteiger partial charge is 0.291 e. The van der Waals surface area contributed by atoms with Gasteiger partial charge in [0, 0.05) is 30.2 Å². The summed E-state index contributed by atoms with van der Waals surface area (Å²) in [5.41, 5.74) is 9.62. The minimum Gasteiger partial charge on any atom is -0.311 e. The van der Waals surface area contributed by atoms with E-state index in [1.165, 1.54) is 15.8 Å². The lowest BCUT2D eigenvalue weighted by molar-refractivity contribution is 0.715. The second-order valence-electron chi connectivity index (χ2n) is 10.5. The Morgan fingerprint density at radius 2 is 1.12 bits per heavy atom. The van der Waals surface area contributed by atoms with Gasteiger partial charge in [-0.25, -0.2) is 9.78 Å². The van der Waals surface area contributed by atoms with Crippen LogP contribution in [0.5, 0.6) is 0 Å². The second-order valence-corrected chi connectivity index (χ2v) is 11.2. The quantitative estimate of drug-likeness (QED) is 0.247. The first-order valence-electron chi connectivity index (χ1n) is 13.0. The van der Waals surface area contributed by atoms with E-state index in [0.717, 1.165) is 33.6 Å². The van der Waals surface area contributed by atoms with E-state index in [-0.39, 0.29) is 11.1 Å². The molecule has 2 aromatic carbocycles. The van der Waals surface area contributed by atoms with Crippen molar-refractivity contribution < 1.29 is 0 Å². The molecule has 0 bridgehead atoms. The van der Waals surface area contributed by atoms with Gasteiger partial charge in [-0.2, -0.15) is 10.2 Å². The number of nitrogens with zero attached hydrogens (tertiary/aromatic N) is 5. The highest BCUT2D eigenvalue weighted by Crippen LogP contribution is 2.28. The van der Waals surface area contributed by atoms with Crippen molar-refractivity contribution in [3.05, 3.63) is 113 Å². The first kappa shape index (κ1) is 28.4. The molecule has 10 heteroatoms. The van der Waals surface area contributed by atoms with Gasteiger partial charge in [0.2, 0.25) is 0 Å². The number of hydrogen-bond donors (Lipinski definition) is 1. The van der Waals surface area contributed by atoms with Crippen molar-refractivity contribution in [1.29, 1.82) is 0 Å². The van der Waals surface area contributed by atoms with Crippen LogP contribution >= 0.6 is 23.2 Å². The Bertz CT molecular complexity index is 2050. The van der Waals surface area contributed by atoms with Crippen LogP contribution in [0.25, 0.3) is 33.2 Å². The van der Waals surface area contributed by atoms with E-state index in [1.54, 1.807) is 7.05 Å². The maximum atomic E-state index is 12.4. The second kappa shape index (κ2) is 10.7. The van der Waals surface area contributed by atoms with Crippen LogP contribution in [-0.4, -0.2) is 29.1 Å². The van der Waals surface area contributed by atoms with Crippen LogP contribution < -0.4 is 11.1 Å². The summed E-state index contributed by atoms with van der Waals surface area (Å²) in [5.74, 6) is 0. The molecule has 0 saturated heterocycles. The standard InChI is InChI=1S/C16H16ClN3O.C15H14ClN3O/c1-9-7-10(2)13(11(3)8-9)20-6-5-12-14(20)16(21)19(4)18-15(12)17;1-8-6-9(2)12(10(3)7-8)19-5-4-11-13(19)15(20)18-17-14(11)16/h5-8H,1-4H3;4-7H,1-3H3,(H,18,20). The fourth-order valence-corrected chi connectivity index (χ4v) is 6.18. The fraction of sp³-hybridized carbons (Fsp3) is 0.226. The molecule has 4 aromatic heterocycles. The SMILES string of the molecule is Cc1cc(C)c(-n2ccc3c(Cl)n[nH]c(=O)c32)c(C)c1.Cc1cc(C)c(-n2ccc3c(Cl)nn(C)c(=O)c32)c(C)c1. The maximum absolute atomic E-state index is 12.4. The summed E-state index contributed by atoms with van der Waals surface area (Å²) < 4.78 is 5.07. The first-order valence-corrected chi connectivity index (χ1v) is 13.8. The molecule has 6 rings (SSSR count). The van der Waals surface area contributed by atoms with Gasteiger partial charge >= 0.3 is 0 Å². The van der Waals surface area contributed by atoms with Gasteiger partial charge in [0.05, 0.1) is 11.4 Å². The summed E-state index contributed by atoms with van der Waals surface area (Å²) in [5, 5.41) is 12.2. The van der Waals surface area contributed by atoms with Gasteiger partial charge in [-0.05, 0) is 75.9 Å². The zero-order valence-electron chi connectivity index (χ0n) is 23.9. The van der Waals surface area contributed by atoms with Crippen molar-refractivity contribution in [3.8, 4) is 11.4 Å². The van der Waals surface area contributed by atoms with Crippen LogP contribution in [0.3, 0.4) is 0 Å². The molecule has 4 heterocycles. The van der Waals surface area contributed by atoms with Gasteiger partial charge in [-0.15, -0.1) is 0 Å². The number of H-pyrrole nitrogens is 1. The number of nitrogens with one attached hydrogen (secondary N) is 1. The highest BCUT2D eigenvalue weighted by Gasteiger charge is 2.16. The third-order valence-electron chi connectivity index (χ3n) is 7.17. The number of fused-ring (bicyclic) bond motifs is 2. The van der Waals surface area contributed by atoms with Gasteiger partial charge in [-0.3, -0.25) is 9.59 Å². The molecule has 8 nitrogen and oxygen atoms in total. The van der Waals surface area contributed by atoms with E-state index in [4.69, 9.17) is 23.2 Å². The fourth-order valence-electron chi connectivity index (χ4n) is 5.72. The Kier molecular flexibility index (Phi) is 7.40. The molecule has 0 aliphatic carbocycles. The maximum Gasteiger partial charge on any atom is 0.291 e. The van der Waals surface area contributed by atoms with Gasteiger partial charge in [0.1, 0.15) is 11.0 Å². The Hall–Kier alpha value is -4.14. The van der Waals surface area contributed by atoms with Crippen LogP contribution in [0.1, 0.15) is 33.4 Å². The molecule has 1 N–H and O–H groups in total. The molecule has 0 amide bonds. The third-order valence-corrected chi connectivity index (χ3v) is 7.74. The number of aromatic amines is 1. The summed E-state index contributed by atoms with van der Waals surface area (Å²) in [4.78, 5) is 24.5. The third kappa shape index (κ3) is 4.98. The molecule has 210 valence electrons. The summed E-state index contributed by atoms with van der Waals surface area (Å²) in [6.07, 6.45) is 3.74. The monoisotopic (exact) mass is 588 g/mol. The van der Waals surface area contributed by atoms with Crippen LogP contribution in [0.15, 0.2) is 58.4 Å². The summed E-state index contributed by atoms with van der Waals surface area (Å²) in [6, 6.07) is 12.1. The molecule has 0 atom stereocenters. The van der Waals surface area contributed by atoms with E-state index in [0.29, 0.717) is 32.1 Å². The molecule has 0 aliphatic rings. The van der Waals surface area contributed by atoms with E-state index < -0.39 is 0 Å². The lowest BCUT2D eigenvalue weighted by Gasteiger charge is -2.14. The molecule has 0 spiro atoms. The van der Waals surface area contributed by atoms with Crippen molar-refractivity contribution in [3.63, 3.8) is 0 Å². The summed E-state index contributed by atoms with van der Waals surface area (Å²) in [7, 11) is 1.61. The van der Waals surface area contributed by atoms with Crippen LogP contribution in [0.2, 0.25) is 10.3 Å². The molecular weight excluding hydrogens is 559 g/mol. The Morgan fingerprint density at radius 3 is 1.61 bits per heavy atom. The number of benzene rings is 2. The predicted octanol–water partition coefficient (Wildman–Crippen LogP) is 6.60. The minimum absolute atomic E-state index is 0.154. The average molecular weight is 590 g/mol. The largest absolute Gasteiger partial charge is 0.311 e. The zero-order chi connectivity index (χ0) is 29.7. The van der Waals surface area contributed by atoms with Crippen molar-refractivity contribution in [2.75, 3.05) is 0 Å². The first-order chi connectivity index (χ1) is 19.4. The molecule has 0 saturated carbocycles. The van der Waals surface area contributed by atoms with Gasteiger partial charge in [0.25, 0.3) is 11.1 Å². The number of hydrogen-bond acceptors (Lipinski definition) is 4. The molecule has 41 heavy (non-hydrogen) atoms. The molecular formula is C31H30Cl2N6O2. The molecule has 0 fully saturated rings. The highest BCUT2D eigenvalue weighted by atomic mass is 35.5. The minimum atomic E-state index is -0.242. The van der Waals surface area contributed by atoms with Crippen molar-refractivity contribution >= 4 is 45.0 Å². The topological polar surface area (TPSA) is 90.5 Å². The number of aromatic nitrogens is 6. The van der Waals surface area contributed by atoms with E-state index in [1.807, 2.05) is 47.5 Å². The Labute approximate surface area is 246 Å². The van der Waals surface area contributed by atoms with Gasteiger partial charge in [-0.1, -0.05) is 58.6 Å². The van der Waals surface area contributed by atoms with Crippen molar-refractivity contribution in [2.24, 2.45) is 7.05 Å². The Balaban J connectivity index is 0.000000165. The number of halogens is 2. The highest BCUT2D eigenvalue weighted by molar-refractivity contribution is 6.34. The number of aryl methyl sites for hydroxylation is 7. The predicted molar refractivity (Wildman–Crippen MR) is 166 cm³/mol. The van der Waals surface area contributed by atoms with Crippen LogP contribution in [0.4, 0.5) is 0 Å². The van der Waals surface area contributed by atoms with Crippen molar-refractivity contribution in [1.82, 2.24) is 29.1 Å². The zero-order valence-corrected chi connectivity index (χ0v) is 25.4.